The van der Waals surface area contributed by atoms with E-state index >= 15 is 0 Å². The summed E-state index contributed by atoms with van der Waals surface area (Å²) in [6, 6.07) is 31.2. The molecule has 0 atom stereocenters. The molecule has 0 aliphatic carbocycles. The van der Waals surface area contributed by atoms with E-state index in [1.165, 1.54) is 39.1 Å². The molecule has 0 aliphatic rings. The molecule has 1 N–H and O–H groups in total. The Balaban J connectivity index is 0.000000285. The molecule has 0 amide bonds. The number of furan rings is 1. The minimum absolute atomic E-state index is 0. The Hall–Kier alpha value is -4.64. The molecule has 2 heterocycles. The molecule has 7 rings (SSSR count). The van der Waals surface area contributed by atoms with Crippen LogP contribution in [0.5, 0.6) is 0 Å². The fourth-order valence-corrected chi connectivity index (χ4v) is 7.63. The number of allylic oxidation sites excluding steroid dienone is 2. The summed E-state index contributed by atoms with van der Waals surface area (Å²) < 4.78 is 6.59. The average molecular weight is 924 g/mol. The number of carbonyl (C=O) groups is 1. The first-order valence-corrected chi connectivity index (χ1v) is 19.9. The molecule has 6 heteroatoms. The summed E-state index contributed by atoms with van der Waals surface area (Å²) in [5.41, 5.74) is 9.98. The molecule has 0 saturated carbocycles. The minimum Gasteiger partial charge on any atom is -0.512 e. The van der Waals surface area contributed by atoms with Gasteiger partial charge in [0.25, 0.3) is 0 Å². The Morgan fingerprint density at radius 2 is 1.46 bits per heavy atom. The van der Waals surface area contributed by atoms with E-state index in [1.54, 1.807) is 6.33 Å². The number of carbonyl (C=O) groups excluding carboxylic acids is 1. The summed E-state index contributed by atoms with van der Waals surface area (Å²) in [6.45, 7) is 20.9. The number of aliphatic hydroxyl groups is 1. The number of fused-ring (bicyclic) bond motifs is 6. The number of aromatic nitrogens is 2. The maximum atomic E-state index is 12.2. The van der Waals surface area contributed by atoms with Crippen LogP contribution in [0.2, 0.25) is 0 Å². The molecule has 0 unspecified atom stereocenters. The number of ketones is 1. The summed E-state index contributed by atoms with van der Waals surface area (Å²) in [5, 5.41) is 15.7. The Kier molecular flexibility index (Phi) is 13.1. The van der Waals surface area contributed by atoms with Gasteiger partial charge in [-0.3, -0.25) is 9.78 Å². The third-order valence-electron chi connectivity index (χ3n) is 12.3. The van der Waals surface area contributed by atoms with Crippen molar-refractivity contribution in [1.82, 2.24) is 9.97 Å². The van der Waals surface area contributed by atoms with Gasteiger partial charge in [0.05, 0.1) is 11.1 Å². The zero-order valence-electron chi connectivity index (χ0n) is 34.6. The number of aryl methyl sites for hydroxylation is 2. The Bertz CT molecular complexity index is 2530. The van der Waals surface area contributed by atoms with Gasteiger partial charge in [0.15, 0.2) is 5.78 Å². The summed E-state index contributed by atoms with van der Waals surface area (Å²) in [6.07, 6.45) is 6.42. The van der Waals surface area contributed by atoms with Crippen LogP contribution < -0.4 is 0 Å². The second-order valence-corrected chi connectivity index (χ2v) is 15.9. The van der Waals surface area contributed by atoms with Crippen molar-refractivity contribution >= 4 is 49.4 Å². The molecule has 5 nitrogen and oxygen atoms in total. The van der Waals surface area contributed by atoms with Gasteiger partial charge in [0.2, 0.25) is 0 Å². The second-order valence-electron chi connectivity index (χ2n) is 15.9. The van der Waals surface area contributed by atoms with E-state index in [1.807, 2.05) is 47.6 Å². The first kappa shape index (κ1) is 42.5. The average Bonchev–Trinajstić information content (AvgIpc) is 3.58. The monoisotopic (exact) mass is 924 g/mol. The largest absolute Gasteiger partial charge is 0.512 e. The maximum absolute atomic E-state index is 12.2. The number of aliphatic hydroxyl groups excluding tert-OH is 1. The van der Waals surface area contributed by atoms with Crippen molar-refractivity contribution in [3.63, 3.8) is 0 Å². The SMILES string of the molecule is CCC(C)(CC)C(=O)/C=C(\O)C(C)(CC)CC.Cc1cccc(C)c1-c1ccc2c(c1)oc1c(-c3ncnc4c3ccc3cccc(C(C)C)c34)[c-]ccc12.[Ir]. The fraction of sp³-hybridized carbons (Fsp3) is 0.340. The zero-order valence-corrected chi connectivity index (χ0v) is 37.0. The number of nitrogens with zero attached hydrogens (tertiary/aromatic N) is 2. The van der Waals surface area contributed by atoms with Gasteiger partial charge < -0.3 is 9.52 Å². The fourth-order valence-electron chi connectivity index (χ4n) is 7.63. The molecule has 0 bridgehead atoms. The van der Waals surface area contributed by atoms with E-state index in [0.717, 1.165) is 75.3 Å². The molecule has 5 aromatic carbocycles. The van der Waals surface area contributed by atoms with Crippen LogP contribution in [0, 0.1) is 30.7 Å². The summed E-state index contributed by atoms with van der Waals surface area (Å²) in [4.78, 5) is 21.7. The summed E-state index contributed by atoms with van der Waals surface area (Å²) >= 11 is 0. The van der Waals surface area contributed by atoms with Crippen molar-refractivity contribution in [3.05, 3.63) is 120 Å². The van der Waals surface area contributed by atoms with Gasteiger partial charge >= 0.3 is 0 Å². The standard InChI is InChI=1S/C35H27N2O.C15H28O2.Ir/c1-20(2)25-11-6-10-23-14-17-28-33(36-19-37-34(28)32(23)25)29-13-7-12-27-26-16-15-24(18-30(26)38-35(27)29)31-21(3)8-5-9-22(31)4;1-7-14(5,8-2)12(16)11-13(17)15(6,9-3)10-4;/h5-12,14-20H,1-4H3;11,16H,7-10H2,1-6H3;/q-1;;/b;12-11-;. The van der Waals surface area contributed by atoms with E-state index in [2.05, 4.69) is 107 Å². The minimum atomic E-state index is -0.337. The predicted molar refractivity (Wildman–Crippen MR) is 231 cm³/mol. The quantitative estimate of drug-likeness (QED) is 0.0640. The van der Waals surface area contributed by atoms with E-state index < -0.39 is 0 Å². The molecular formula is C50H55IrN2O3-. The zero-order chi connectivity index (χ0) is 39.7. The van der Waals surface area contributed by atoms with E-state index in [0.29, 0.717) is 5.92 Å². The molecule has 0 saturated heterocycles. The summed E-state index contributed by atoms with van der Waals surface area (Å²) in [7, 11) is 0. The topological polar surface area (TPSA) is 76.2 Å². The van der Waals surface area contributed by atoms with Crippen LogP contribution in [-0.4, -0.2) is 20.9 Å². The Labute approximate surface area is 346 Å². The summed E-state index contributed by atoms with van der Waals surface area (Å²) in [5.74, 6) is 0.674. The van der Waals surface area contributed by atoms with Crippen molar-refractivity contribution in [2.75, 3.05) is 0 Å². The number of hydrogen-bond donors (Lipinski definition) is 1. The van der Waals surface area contributed by atoms with Crippen molar-refractivity contribution < 1.29 is 34.4 Å². The molecule has 0 spiro atoms. The van der Waals surface area contributed by atoms with Crippen LogP contribution in [0.25, 0.3) is 66.0 Å². The Morgan fingerprint density at radius 1 is 0.821 bits per heavy atom. The van der Waals surface area contributed by atoms with Gasteiger partial charge in [0, 0.05) is 53.5 Å². The van der Waals surface area contributed by atoms with Gasteiger partial charge in [-0.25, -0.2) is 4.98 Å². The van der Waals surface area contributed by atoms with Gasteiger partial charge in [-0.1, -0.05) is 127 Å². The van der Waals surface area contributed by atoms with Crippen LogP contribution in [0.3, 0.4) is 0 Å². The number of benzene rings is 5. The third-order valence-corrected chi connectivity index (χ3v) is 12.3. The Morgan fingerprint density at radius 3 is 2.11 bits per heavy atom. The normalized spacial score (nSPS) is 12.3. The van der Waals surface area contributed by atoms with Crippen LogP contribution in [0.1, 0.15) is 104 Å². The van der Waals surface area contributed by atoms with Gasteiger partial charge in [-0.15, -0.1) is 18.2 Å². The van der Waals surface area contributed by atoms with Crippen molar-refractivity contribution in [2.45, 2.75) is 101 Å². The van der Waals surface area contributed by atoms with E-state index in [-0.39, 0.29) is 42.5 Å². The molecule has 0 fully saturated rings. The molecule has 1 radical (unpaired) electrons. The molecule has 293 valence electrons. The predicted octanol–water partition coefficient (Wildman–Crippen LogP) is 14.2. The van der Waals surface area contributed by atoms with Gasteiger partial charge in [0.1, 0.15) is 17.7 Å². The van der Waals surface area contributed by atoms with Crippen molar-refractivity contribution in [2.24, 2.45) is 10.8 Å². The third kappa shape index (κ3) is 7.84. The van der Waals surface area contributed by atoms with Crippen LogP contribution in [0.4, 0.5) is 0 Å². The number of hydrogen-bond acceptors (Lipinski definition) is 5. The van der Waals surface area contributed by atoms with Crippen LogP contribution in [0.15, 0.2) is 101 Å². The van der Waals surface area contributed by atoms with Crippen LogP contribution in [-0.2, 0) is 24.9 Å². The molecular weight excluding hydrogens is 869 g/mol. The second kappa shape index (κ2) is 17.2. The maximum Gasteiger partial charge on any atom is 0.164 e. The van der Waals surface area contributed by atoms with Crippen molar-refractivity contribution in [1.29, 1.82) is 0 Å². The van der Waals surface area contributed by atoms with E-state index in [4.69, 9.17) is 14.4 Å². The van der Waals surface area contributed by atoms with Crippen LogP contribution >= 0.6 is 0 Å². The smallest absolute Gasteiger partial charge is 0.164 e. The van der Waals surface area contributed by atoms with Gasteiger partial charge in [-0.2, -0.15) is 0 Å². The van der Waals surface area contributed by atoms with Gasteiger partial charge in [-0.05, 0) is 90.1 Å². The first-order valence-electron chi connectivity index (χ1n) is 19.9. The molecule has 7 aromatic rings. The molecule has 56 heavy (non-hydrogen) atoms. The molecule has 0 aliphatic heterocycles. The first-order chi connectivity index (χ1) is 26.3. The van der Waals surface area contributed by atoms with Crippen molar-refractivity contribution in [3.8, 4) is 22.4 Å². The van der Waals surface area contributed by atoms with E-state index in [9.17, 15) is 9.90 Å². The number of rotatable bonds is 10. The molecule has 2 aromatic heterocycles.